The summed E-state index contributed by atoms with van der Waals surface area (Å²) in [6.45, 7) is 1.79. The van der Waals surface area contributed by atoms with Crippen molar-refractivity contribution in [3.8, 4) is 0 Å². The van der Waals surface area contributed by atoms with Crippen molar-refractivity contribution in [3.05, 3.63) is 48.3 Å². The lowest BCUT2D eigenvalue weighted by Crippen LogP contribution is -2.45. The fourth-order valence-electron chi connectivity index (χ4n) is 2.89. The van der Waals surface area contributed by atoms with Crippen molar-refractivity contribution in [2.45, 2.75) is 24.9 Å². The normalized spacial score (nSPS) is 18.2. The summed E-state index contributed by atoms with van der Waals surface area (Å²) >= 11 is 0. The van der Waals surface area contributed by atoms with Crippen LogP contribution in [0.15, 0.2) is 42.6 Å². The van der Waals surface area contributed by atoms with Gasteiger partial charge in [-0.25, -0.2) is 0 Å². The van der Waals surface area contributed by atoms with E-state index in [9.17, 15) is 5.11 Å². The zero-order valence-electron chi connectivity index (χ0n) is 11.9. The van der Waals surface area contributed by atoms with Gasteiger partial charge in [-0.3, -0.25) is 4.68 Å². The van der Waals surface area contributed by atoms with Gasteiger partial charge in [0.25, 0.3) is 0 Å². The topological polar surface area (TPSA) is 41.3 Å². The molecule has 0 amide bonds. The highest BCUT2D eigenvalue weighted by Crippen LogP contribution is 2.28. The first-order chi connectivity index (χ1) is 9.65. The molecule has 0 atom stereocenters. The van der Waals surface area contributed by atoms with Crippen molar-refractivity contribution in [3.63, 3.8) is 0 Å². The summed E-state index contributed by atoms with van der Waals surface area (Å²) in [5.74, 6) is 0. The van der Waals surface area contributed by atoms with Crippen molar-refractivity contribution in [1.82, 2.24) is 9.78 Å². The Bertz CT molecular complexity index is 556. The number of benzene rings is 1. The quantitative estimate of drug-likeness (QED) is 0.928. The minimum absolute atomic E-state index is 0.611. The Labute approximate surface area is 119 Å². The van der Waals surface area contributed by atoms with Crippen LogP contribution in [0.1, 0.15) is 18.5 Å². The van der Waals surface area contributed by atoms with E-state index in [1.165, 1.54) is 5.69 Å². The van der Waals surface area contributed by atoms with Gasteiger partial charge in [0.15, 0.2) is 0 Å². The molecule has 1 fully saturated rings. The average Bonchev–Trinajstić information content (AvgIpc) is 2.85. The second-order valence-corrected chi connectivity index (χ2v) is 5.70. The van der Waals surface area contributed by atoms with Gasteiger partial charge in [0.2, 0.25) is 0 Å². The molecule has 2 aromatic rings. The predicted octanol–water partition coefficient (Wildman–Crippen LogP) is 1.99. The molecule has 0 aliphatic carbocycles. The van der Waals surface area contributed by atoms with E-state index in [1.54, 1.807) is 4.68 Å². The summed E-state index contributed by atoms with van der Waals surface area (Å²) in [7, 11) is 1.91. The van der Waals surface area contributed by atoms with Crippen molar-refractivity contribution >= 4 is 5.69 Å². The largest absolute Gasteiger partial charge is 0.389 e. The second kappa shape index (κ2) is 5.29. The highest BCUT2D eigenvalue weighted by Gasteiger charge is 2.33. The van der Waals surface area contributed by atoms with Crippen LogP contribution in [0, 0.1) is 0 Å². The van der Waals surface area contributed by atoms with Gasteiger partial charge in [0, 0.05) is 38.4 Å². The zero-order chi connectivity index (χ0) is 14.0. The Morgan fingerprint density at radius 3 is 2.45 bits per heavy atom. The molecule has 106 valence electrons. The first-order valence-electron chi connectivity index (χ1n) is 7.16. The number of anilines is 1. The number of aromatic nitrogens is 2. The zero-order valence-corrected chi connectivity index (χ0v) is 11.9. The molecule has 1 saturated heterocycles. The highest BCUT2D eigenvalue weighted by atomic mass is 16.3. The number of rotatable bonds is 3. The smallest absolute Gasteiger partial charge is 0.0737 e. The second-order valence-electron chi connectivity index (χ2n) is 5.70. The lowest BCUT2D eigenvalue weighted by molar-refractivity contribution is 0.0156. The van der Waals surface area contributed by atoms with E-state index in [2.05, 4.69) is 34.3 Å². The average molecular weight is 271 g/mol. The molecule has 2 heterocycles. The molecule has 0 radical (unpaired) electrons. The van der Waals surface area contributed by atoms with Gasteiger partial charge in [-0.1, -0.05) is 18.2 Å². The highest BCUT2D eigenvalue weighted by molar-refractivity contribution is 5.46. The molecule has 4 heteroatoms. The van der Waals surface area contributed by atoms with Crippen LogP contribution in [0.3, 0.4) is 0 Å². The summed E-state index contributed by atoms with van der Waals surface area (Å²) in [5.41, 5.74) is 1.61. The Kier molecular flexibility index (Phi) is 3.49. The molecule has 4 nitrogen and oxygen atoms in total. The minimum Gasteiger partial charge on any atom is -0.389 e. The number of piperidine rings is 1. The minimum atomic E-state index is -0.611. The van der Waals surface area contributed by atoms with Crippen molar-refractivity contribution in [2.24, 2.45) is 7.05 Å². The fraction of sp³-hybridized carbons (Fsp3) is 0.438. The van der Waals surface area contributed by atoms with Gasteiger partial charge in [-0.15, -0.1) is 0 Å². The van der Waals surface area contributed by atoms with Gasteiger partial charge in [-0.2, -0.15) is 5.10 Å². The van der Waals surface area contributed by atoms with E-state index in [-0.39, 0.29) is 0 Å². The van der Waals surface area contributed by atoms with Crippen LogP contribution in [0.25, 0.3) is 0 Å². The van der Waals surface area contributed by atoms with E-state index < -0.39 is 5.60 Å². The van der Waals surface area contributed by atoms with Crippen LogP contribution in [0.5, 0.6) is 0 Å². The van der Waals surface area contributed by atoms with Crippen molar-refractivity contribution < 1.29 is 5.11 Å². The van der Waals surface area contributed by atoms with Gasteiger partial charge >= 0.3 is 0 Å². The first kappa shape index (κ1) is 13.2. The van der Waals surface area contributed by atoms with Crippen LogP contribution in [0.4, 0.5) is 5.69 Å². The SMILES string of the molecule is Cn1ccc(CC2(O)CCN(c3ccccc3)CC2)n1. The Morgan fingerprint density at radius 2 is 1.85 bits per heavy atom. The third-order valence-corrected chi connectivity index (χ3v) is 4.09. The third kappa shape index (κ3) is 2.85. The number of aliphatic hydroxyl groups is 1. The summed E-state index contributed by atoms with van der Waals surface area (Å²) in [4.78, 5) is 2.34. The number of aryl methyl sites for hydroxylation is 1. The Morgan fingerprint density at radius 1 is 1.15 bits per heavy atom. The monoisotopic (exact) mass is 271 g/mol. The van der Waals surface area contributed by atoms with Gasteiger partial charge in [0.05, 0.1) is 11.3 Å². The molecule has 0 unspecified atom stereocenters. The molecule has 0 bridgehead atoms. The van der Waals surface area contributed by atoms with E-state index in [0.717, 1.165) is 31.6 Å². The van der Waals surface area contributed by atoms with E-state index in [0.29, 0.717) is 6.42 Å². The molecule has 1 aliphatic rings. The molecule has 1 aliphatic heterocycles. The van der Waals surface area contributed by atoms with Crippen LogP contribution in [-0.2, 0) is 13.5 Å². The Balaban J connectivity index is 1.62. The standard InChI is InChI=1S/C16H21N3O/c1-18-10-7-14(17-18)13-16(20)8-11-19(12-9-16)15-5-3-2-4-6-15/h2-7,10,20H,8-9,11-13H2,1H3. The number of hydrogen-bond acceptors (Lipinski definition) is 3. The molecule has 0 saturated carbocycles. The molecule has 0 spiro atoms. The van der Waals surface area contributed by atoms with Crippen LogP contribution < -0.4 is 4.90 Å². The maximum Gasteiger partial charge on any atom is 0.0737 e. The van der Waals surface area contributed by atoms with E-state index in [1.807, 2.05) is 25.4 Å². The van der Waals surface area contributed by atoms with E-state index >= 15 is 0 Å². The Hall–Kier alpha value is -1.81. The molecular weight excluding hydrogens is 250 g/mol. The lowest BCUT2D eigenvalue weighted by atomic mass is 9.87. The summed E-state index contributed by atoms with van der Waals surface area (Å²) in [5, 5.41) is 15.1. The summed E-state index contributed by atoms with van der Waals surface area (Å²) in [6.07, 6.45) is 4.16. The summed E-state index contributed by atoms with van der Waals surface area (Å²) < 4.78 is 1.79. The lowest BCUT2D eigenvalue weighted by Gasteiger charge is -2.39. The van der Waals surface area contributed by atoms with Gasteiger partial charge in [-0.05, 0) is 31.0 Å². The van der Waals surface area contributed by atoms with Crippen LogP contribution in [-0.4, -0.2) is 33.6 Å². The molecule has 1 aromatic heterocycles. The van der Waals surface area contributed by atoms with Gasteiger partial charge < -0.3 is 10.0 Å². The van der Waals surface area contributed by atoms with Gasteiger partial charge in [0.1, 0.15) is 0 Å². The third-order valence-electron chi connectivity index (χ3n) is 4.09. The summed E-state index contributed by atoms with van der Waals surface area (Å²) in [6, 6.07) is 12.4. The molecule has 1 N–H and O–H groups in total. The first-order valence-corrected chi connectivity index (χ1v) is 7.16. The molecule has 3 rings (SSSR count). The molecule has 1 aromatic carbocycles. The maximum atomic E-state index is 10.7. The maximum absolute atomic E-state index is 10.7. The number of para-hydroxylation sites is 1. The van der Waals surface area contributed by atoms with Crippen LogP contribution in [0.2, 0.25) is 0 Å². The van der Waals surface area contributed by atoms with Crippen LogP contribution >= 0.6 is 0 Å². The predicted molar refractivity (Wildman–Crippen MR) is 79.8 cm³/mol. The number of hydrogen-bond donors (Lipinski definition) is 1. The van der Waals surface area contributed by atoms with Crippen molar-refractivity contribution in [1.29, 1.82) is 0 Å². The number of nitrogens with zero attached hydrogens (tertiary/aromatic N) is 3. The molecular formula is C16H21N3O. The fourth-order valence-corrected chi connectivity index (χ4v) is 2.89. The van der Waals surface area contributed by atoms with Crippen molar-refractivity contribution in [2.75, 3.05) is 18.0 Å². The van der Waals surface area contributed by atoms with E-state index in [4.69, 9.17) is 0 Å². The molecule has 20 heavy (non-hydrogen) atoms.